The molecule has 142 valence electrons. The van der Waals surface area contributed by atoms with E-state index in [1.807, 2.05) is 0 Å². The summed E-state index contributed by atoms with van der Waals surface area (Å²) in [6.45, 7) is -0.119. The number of halogens is 2. The van der Waals surface area contributed by atoms with Gasteiger partial charge in [0.1, 0.15) is 11.6 Å². The van der Waals surface area contributed by atoms with Gasteiger partial charge in [0, 0.05) is 24.0 Å². The molecule has 1 fully saturated rings. The van der Waals surface area contributed by atoms with Crippen LogP contribution in [0.2, 0.25) is 0 Å². The SMILES string of the molecule is O=S1(=O)CCN(S(=O)(=O)Cc2cc(F)cc(F)c2)CCC1c1cccs1. The predicted octanol–water partition coefficient (Wildman–Crippen LogP) is 2.72. The van der Waals surface area contributed by atoms with Gasteiger partial charge in [-0.2, -0.15) is 0 Å². The first kappa shape index (κ1) is 19.4. The standard InChI is InChI=1S/C16H17F2NO4S3/c17-13-8-12(9-14(18)10-13)11-26(22,23)19-4-3-16(15-2-1-6-24-15)25(20,21)7-5-19/h1-2,6,8-10,16H,3-5,7,11H2. The van der Waals surface area contributed by atoms with Gasteiger partial charge >= 0.3 is 0 Å². The van der Waals surface area contributed by atoms with Crippen LogP contribution in [0.25, 0.3) is 0 Å². The fourth-order valence-electron chi connectivity index (χ4n) is 2.99. The minimum atomic E-state index is -3.90. The van der Waals surface area contributed by atoms with Crippen molar-refractivity contribution >= 4 is 31.2 Å². The van der Waals surface area contributed by atoms with Gasteiger partial charge in [-0.25, -0.2) is 29.9 Å². The topological polar surface area (TPSA) is 71.5 Å². The highest BCUT2D eigenvalue weighted by atomic mass is 32.2. The van der Waals surface area contributed by atoms with Gasteiger partial charge in [-0.1, -0.05) is 6.07 Å². The molecule has 5 nitrogen and oxygen atoms in total. The molecular formula is C16H17F2NO4S3. The maximum Gasteiger partial charge on any atom is 0.218 e. The Kier molecular flexibility index (Phi) is 5.48. The van der Waals surface area contributed by atoms with Crippen molar-refractivity contribution in [2.75, 3.05) is 18.8 Å². The number of hydrogen-bond donors (Lipinski definition) is 0. The Hall–Kier alpha value is -1.36. The number of sulfonamides is 1. The molecule has 0 bridgehead atoms. The molecule has 26 heavy (non-hydrogen) atoms. The molecule has 2 heterocycles. The highest BCUT2D eigenvalue weighted by Crippen LogP contribution is 2.33. The highest BCUT2D eigenvalue weighted by Gasteiger charge is 2.35. The van der Waals surface area contributed by atoms with Gasteiger partial charge in [-0.3, -0.25) is 0 Å². The van der Waals surface area contributed by atoms with Crippen molar-refractivity contribution in [3.05, 3.63) is 57.8 Å². The van der Waals surface area contributed by atoms with E-state index in [1.165, 1.54) is 11.3 Å². The molecule has 1 aliphatic rings. The summed E-state index contributed by atoms with van der Waals surface area (Å²) in [5.41, 5.74) is -0.00980. The van der Waals surface area contributed by atoms with E-state index in [4.69, 9.17) is 0 Å². The van der Waals surface area contributed by atoms with Gasteiger partial charge in [0.25, 0.3) is 0 Å². The first-order valence-corrected chi connectivity index (χ1v) is 12.1. The lowest BCUT2D eigenvalue weighted by molar-refractivity contribution is 0.427. The number of sulfone groups is 1. The van der Waals surface area contributed by atoms with Crippen molar-refractivity contribution in [1.82, 2.24) is 4.31 Å². The average Bonchev–Trinajstić information content (AvgIpc) is 2.96. The van der Waals surface area contributed by atoms with E-state index in [0.29, 0.717) is 10.9 Å². The van der Waals surface area contributed by atoms with Gasteiger partial charge in [-0.15, -0.1) is 11.3 Å². The van der Waals surface area contributed by atoms with Crippen LogP contribution in [0.5, 0.6) is 0 Å². The largest absolute Gasteiger partial charge is 0.228 e. The van der Waals surface area contributed by atoms with Crippen molar-refractivity contribution in [3.63, 3.8) is 0 Å². The molecule has 0 saturated carbocycles. The zero-order valence-corrected chi connectivity index (χ0v) is 16.1. The van der Waals surface area contributed by atoms with Crippen LogP contribution >= 0.6 is 11.3 Å². The Morgan fingerprint density at radius 2 is 1.85 bits per heavy atom. The van der Waals surface area contributed by atoms with E-state index < -0.39 is 42.5 Å². The molecule has 0 amide bonds. The fraction of sp³-hybridized carbons (Fsp3) is 0.375. The third-order valence-electron chi connectivity index (χ3n) is 4.22. The molecular weight excluding hydrogens is 404 g/mol. The number of benzene rings is 1. The molecule has 1 aromatic heterocycles. The van der Waals surface area contributed by atoms with Crippen LogP contribution in [0.4, 0.5) is 8.78 Å². The van der Waals surface area contributed by atoms with Crippen molar-refractivity contribution < 1.29 is 25.6 Å². The Balaban J connectivity index is 1.81. The third-order valence-corrected chi connectivity index (χ3v) is 9.32. The van der Waals surface area contributed by atoms with Crippen LogP contribution in [0.15, 0.2) is 35.7 Å². The van der Waals surface area contributed by atoms with Crippen molar-refractivity contribution in [2.24, 2.45) is 0 Å². The van der Waals surface area contributed by atoms with Crippen LogP contribution in [0.3, 0.4) is 0 Å². The second-order valence-electron chi connectivity index (χ2n) is 6.09. The van der Waals surface area contributed by atoms with E-state index in [-0.39, 0.29) is 30.8 Å². The summed E-state index contributed by atoms with van der Waals surface area (Å²) in [7, 11) is -7.37. The molecule has 3 rings (SSSR count). The van der Waals surface area contributed by atoms with Gasteiger partial charge < -0.3 is 0 Å². The number of rotatable bonds is 4. The first-order valence-electron chi connectivity index (χ1n) is 7.85. The van der Waals surface area contributed by atoms with E-state index in [1.54, 1.807) is 17.5 Å². The van der Waals surface area contributed by atoms with Gasteiger partial charge in [0.2, 0.25) is 10.0 Å². The zero-order chi connectivity index (χ0) is 18.9. The lowest BCUT2D eigenvalue weighted by Crippen LogP contribution is -2.34. The summed E-state index contributed by atoms with van der Waals surface area (Å²) < 4.78 is 77.9. The number of nitrogens with zero attached hydrogens (tertiary/aromatic N) is 1. The normalized spacial score (nSPS) is 21.4. The molecule has 1 aromatic carbocycles. The van der Waals surface area contributed by atoms with Crippen molar-refractivity contribution in [2.45, 2.75) is 17.4 Å². The lowest BCUT2D eigenvalue weighted by Gasteiger charge is -2.19. The first-order chi connectivity index (χ1) is 12.2. The Morgan fingerprint density at radius 3 is 2.46 bits per heavy atom. The van der Waals surface area contributed by atoms with Crippen LogP contribution in [-0.2, 0) is 25.6 Å². The monoisotopic (exact) mass is 421 g/mol. The minimum Gasteiger partial charge on any atom is -0.228 e. The second-order valence-corrected chi connectivity index (χ2v) is 11.3. The molecule has 0 N–H and O–H groups in total. The highest BCUT2D eigenvalue weighted by molar-refractivity contribution is 7.92. The summed E-state index contributed by atoms with van der Waals surface area (Å²) in [6.07, 6.45) is 0.152. The summed E-state index contributed by atoms with van der Waals surface area (Å²) in [4.78, 5) is 0.691. The molecule has 0 spiro atoms. The summed E-state index contributed by atoms with van der Waals surface area (Å²) in [6, 6.07) is 6.08. The molecule has 0 aliphatic carbocycles. The summed E-state index contributed by atoms with van der Waals surface area (Å²) in [5, 5.41) is 1.05. The van der Waals surface area contributed by atoms with E-state index in [9.17, 15) is 25.6 Å². The molecule has 1 aliphatic heterocycles. The third kappa shape index (κ3) is 4.30. The molecule has 2 aromatic rings. The molecule has 0 radical (unpaired) electrons. The predicted molar refractivity (Wildman–Crippen MR) is 96.0 cm³/mol. The second kappa shape index (κ2) is 7.34. The molecule has 1 saturated heterocycles. The van der Waals surface area contributed by atoms with E-state index >= 15 is 0 Å². The van der Waals surface area contributed by atoms with Crippen LogP contribution in [0, 0.1) is 11.6 Å². The van der Waals surface area contributed by atoms with Crippen LogP contribution < -0.4 is 0 Å². The maximum atomic E-state index is 13.3. The van der Waals surface area contributed by atoms with Crippen molar-refractivity contribution in [1.29, 1.82) is 0 Å². The maximum absolute atomic E-state index is 13.3. The summed E-state index contributed by atoms with van der Waals surface area (Å²) >= 11 is 1.33. The Labute approximate surface area is 155 Å². The molecule has 1 atom stereocenters. The quantitative estimate of drug-likeness (QED) is 0.761. The van der Waals surface area contributed by atoms with Crippen LogP contribution in [-0.4, -0.2) is 40.0 Å². The minimum absolute atomic E-state index is 0.00980. The summed E-state index contributed by atoms with van der Waals surface area (Å²) in [5.74, 6) is -2.57. The number of thiophene rings is 1. The zero-order valence-electron chi connectivity index (χ0n) is 13.6. The Bertz CT molecular complexity index is 968. The van der Waals surface area contributed by atoms with Gasteiger partial charge in [0.15, 0.2) is 9.84 Å². The number of hydrogen-bond acceptors (Lipinski definition) is 5. The van der Waals surface area contributed by atoms with Crippen LogP contribution in [0.1, 0.15) is 22.1 Å². The Morgan fingerprint density at radius 1 is 1.15 bits per heavy atom. The molecule has 10 heteroatoms. The smallest absolute Gasteiger partial charge is 0.218 e. The lowest BCUT2D eigenvalue weighted by atomic mass is 10.2. The van der Waals surface area contributed by atoms with Gasteiger partial charge in [-0.05, 0) is 35.6 Å². The van der Waals surface area contributed by atoms with E-state index in [0.717, 1.165) is 16.4 Å². The molecule has 1 unspecified atom stereocenters. The van der Waals surface area contributed by atoms with Gasteiger partial charge in [0.05, 0.1) is 16.8 Å². The fourth-order valence-corrected chi connectivity index (χ4v) is 7.64. The average molecular weight is 422 g/mol. The van der Waals surface area contributed by atoms with Crippen molar-refractivity contribution in [3.8, 4) is 0 Å². The van der Waals surface area contributed by atoms with E-state index in [2.05, 4.69) is 0 Å².